The van der Waals surface area contributed by atoms with E-state index in [4.69, 9.17) is 12.3 Å². The van der Waals surface area contributed by atoms with Gasteiger partial charge >= 0.3 is 8.80 Å². The van der Waals surface area contributed by atoms with Crippen LogP contribution >= 0.6 is 0 Å². The number of unbranched alkanes of at least 4 members (excludes halogenated alkanes) is 13. The second-order valence-electron chi connectivity index (χ2n) is 16.5. The van der Waals surface area contributed by atoms with Crippen LogP contribution in [0.1, 0.15) is 103 Å². The van der Waals surface area contributed by atoms with Gasteiger partial charge in [-0.2, -0.15) is 0 Å². The average Bonchev–Trinajstić information content (AvgIpc) is 2.99. The zero-order valence-electron chi connectivity index (χ0n) is 33.7. The van der Waals surface area contributed by atoms with E-state index >= 15 is 0 Å². The molecule has 0 amide bonds. The molecule has 0 aliphatic rings. The highest BCUT2D eigenvalue weighted by Gasteiger charge is 2.42. The van der Waals surface area contributed by atoms with Crippen molar-refractivity contribution in [2.24, 2.45) is 0 Å². The molecule has 11 heteroatoms. The Labute approximate surface area is 310 Å². The van der Waals surface area contributed by atoms with Crippen LogP contribution in [0.25, 0.3) is 0 Å². The zero-order chi connectivity index (χ0) is 36.1. The third-order valence-corrected chi connectivity index (χ3v) is 29.0. The van der Waals surface area contributed by atoms with Gasteiger partial charge in [0.15, 0.2) is 27.1 Å². The van der Waals surface area contributed by atoms with Crippen molar-refractivity contribution in [3.63, 3.8) is 0 Å². The molecule has 48 heavy (non-hydrogen) atoms. The van der Waals surface area contributed by atoms with Gasteiger partial charge in [0.2, 0.25) is 0 Å². The fraction of sp³-hybridized carbons (Fsp3) is 0.838. The molecule has 0 N–H and O–H groups in total. The van der Waals surface area contributed by atoms with Crippen LogP contribution in [-0.4, -0.2) is 67.8 Å². The molecule has 1 unspecified atom stereocenters. The Morgan fingerprint density at radius 1 is 0.500 bits per heavy atom. The normalized spacial score (nSPS) is 13.7. The Balaban J connectivity index is 2.34. The third kappa shape index (κ3) is 21.2. The van der Waals surface area contributed by atoms with Crippen molar-refractivity contribution in [3.8, 4) is 0 Å². The molecule has 1 rings (SSSR count). The van der Waals surface area contributed by atoms with Crippen LogP contribution in [0.5, 0.6) is 0 Å². The predicted molar refractivity (Wildman–Crippen MR) is 234 cm³/mol. The van der Waals surface area contributed by atoms with E-state index in [1.165, 1.54) is 102 Å². The molecule has 0 saturated heterocycles. The van der Waals surface area contributed by atoms with Gasteiger partial charge in [0.1, 0.15) is 0 Å². The lowest BCUT2D eigenvalue weighted by Crippen LogP contribution is -2.53. The van der Waals surface area contributed by atoms with E-state index < -0.39 is 62.9 Å². The summed E-state index contributed by atoms with van der Waals surface area (Å²) in [4.78, 5) is 0. The fourth-order valence-electron chi connectivity index (χ4n) is 6.83. The lowest BCUT2D eigenvalue weighted by molar-refractivity contribution is 0.266. The topological polar surface area (TPSA) is 44.8 Å². The summed E-state index contributed by atoms with van der Waals surface area (Å²) in [5.41, 5.74) is 0. The Morgan fingerprint density at radius 2 is 0.792 bits per heavy atom. The van der Waals surface area contributed by atoms with Gasteiger partial charge in [-0.25, -0.2) is 0 Å². The van der Waals surface area contributed by atoms with Gasteiger partial charge in [0.05, 0.1) is 16.1 Å². The maximum absolute atomic E-state index is 11.5. The molecule has 4 nitrogen and oxygen atoms in total. The van der Waals surface area contributed by atoms with Gasteiger partial charge in [-0.1, -0.05) is 163 Å². The number of hydrogen-bond acceptors (Lipinski definition) is 4. The number of benzene rings is 1. The van der Waals surface area contributed by atoms with Crippen LogP contribution in [0.3, 0.4) is 0 Å². The molecule has 1 aromatic carbocycles. The van der Waals surface area contributed by atoms with Crippen molar-refractivity contribution in [1.82, 2.24) is 0 Å². The summed E-state index contributed by atoms with van der Waals surface area (Å²) in [5.74, 6) is 1.72. The molecule has 1 atom stereocenters. The summed E-state index contributed by atoms with van der Waals surface area (Å²) in [6, 6.07) is 13.9. The second-order valence-corrected chi connectivity index (χ2v) is 39.1. The minimum absolute atomic E-state index is 0.575. The van der Waals surface area contributed by atoms with Crippen LogP contribution in [0.4, 0.5) is 0 Å². The van der Waals surface area contributed by atoms with Crippen molar-refractivity contribution in [2.45, 2.75) is 187 Å². The number of rotatable bonds is 30. The van der Waals surface area contributed by atoms with Gasteiger partial charge in [-0.05, 0) is 52.1 Å². The molecule has 0 bridgehead atoms. The Morgan fingerprint density at radius 3 is 1.10 bits per heavy atom. The first kappa shape index (κ1) is 46.6. The lowest BCUT2D eigenvalue weighted by atomic mass is 10.1. The summed E-state index contributed by atoms with van der Waals surface area (Å²) < 4.78 is 31.2. The van der Waals surface area contributed by atoms with Gasteiger partial charge in [0, 0.05) is 28.3 Å². The Bertz CT molecular complexity index is 949. The van der Waals surface area contributed by atoms with Gasteiger partial charge in [-0.3, -0.25) is 4.21 Å². The third-order valence-electron chi connectivity index (χ3n) is 9.72. The molecule has 0 spiro atoms. The summed E-state index contributed by atoms with van der Waals surface area (Å²) in [6.45, 7) is 25.9. The van der Waals surface area contributed by atoms with Gasteiger partial charge < -0.3 is 12.3 Å². The maximum atomic E-state index is 11.5. The molecule has 0 fully saturated rings. The molecule has 1 aromatic rings. The molecule has 0 saturated carbocycles. The minimum Gasteiger partial charge on any atom is -0.420 e. The first-order valence-electron chi connectivity index (χ1n) is 20.1. The summed E-state index contributed by atoms with van der Waals surface area (Å²) in [5, 5.41) is 3.29. The predicted octanol–water partition coefficient (Wildman–Crippen LogP) is 10.1. The zero-order valence-corrected chi connectivity index (χ0v) is 41.0. The number of hydrogen-bond donors (Lipinski definition) is 0. The minimum atomic E-state index is -2.47. The largest absolute Gasteiger partial charge is 0.468 e. The van der Waals surface area contributed by atoms with E-state index in [1.807, 2.05) is 6.92 Å². The molecule has 0 aliphatic carbocycles. The monoisotopic (exact) mass is 788 g/mol. The molecule has 0 aromatic heterocycles. The molecule has 0 aliphatic heterocycles. The van der Waals surface area contributed by atoms with Crippen molar-refractivity contribution >= 4 is 73.2 Å². The van der Waals surface area contributed by atoms with E-state index in [0.29, 0.717) is 0 Å². The molecular formula is C37H80O4SSi6. The highest BCUT2D eigenvalue weighted by atomic mass is 32.2. The van der Waals surface area contributed by atoms with E-state index in [9.17, 15) is 4.21 Å². The van der Waals surface area contributed by atoms with Gasteiger partial charge in [-0.15, -0.1) is 0 Å². The first-order valence-corrected chi connectivity index (χ1v) is 38.3. The maximum Gasteiger partial charge on any atom is 0.468 e. The van der Waals surface area contributed by atoms with E-state index in [-0.39, 0.29) is 0 Å². The van der Waals surface area contributed by atoms with Crippen molar-refractivity contribution < 1.29 is 16.6 Å². The Kier molecular flexibility index (Phi) is 24.8. The molecule has 0 radical (unpaired) electrons. The highest BCUT2D eigenvalue weighted by molar-refractivity contribution is 7.84. The van der Waals surface area contributed by atoms with E-state index in [2.05, 4.69) is 89.7 Å². The van der Waals surface area contributed by atoms with Crippen LogP contribution in [-0.2, 0) is 23.1 Å². The van der Waals surface area contributed by atoms with Crippen LogP contribution in [0, 0.1) is 0 Å². The van der Waals surface area contributed by atoms with E-state index in [1.54, 1.807) is 10.4 Å². The van der Waals surface area contributed by atoms with Crippen molar-refractivity contribution in [2.75, 3.05) is 11.5 Å². The summed E-state index contributed by atoms with van der Waals surface area (Å²) in [6.07, 6.45) is 19.9. The molecular weight excluding hydrogens is 709 g/mol. The molecule has 282 valence electrons. The van der Waals surface area contributed by atoms with Crippen LogP contribution in [0.15, 0.2) is 24.3 Å². The summed E-state index contributed by atoms with van der Waals surface area (Å²) in [7, 11) is -9.43. The average molecular weight is 790 g/mol. The van der Waals surface area contributed by atoms with Crippen LogP contribution < -0.4 is 10.4 Å². The van der Waals surface area contributed by atoms with Crippen molar-refractivity contribution in [1.29, 1.82) is 0 Å². The fourth-order valence-corrected chi connectivity index (χ4v) is 25.5. The van der Waals surface area contributed by atoms with Gasteiger partial charge in [0.25, 0.3) is 0 Å². The quantitative estimate of drug-likeness (QED) is 0.0576. The van der Waals surface area contributed by atoms with E-state index in [0.717, 1.165) is 24.0 Å². The lowest BCUT2D eigenvalue weighted by Gasteiger charge is -2.35. The molecule has 0 heterocycles. The SMILES string of the molecule is CCS(=O)CCCCCCCCCCC[Si](C)(C)c1ccc([Si](C)(C)CCCCCCCC[Si](O[SiH](C)C)(O[SiH](C)C)O[SiH](C)C)cc1. The smallest absolute Gasteiger partial charge is 0.420 e. The van der Waals surface area contributed by atoms with Crippen molar-refractivity contribution in [3.05, 3.63) is 24.3 Å². The highest BCUT2D eigenvalue weighted by Crippen LogP contribution is 2.24. The van der Waals surface area contributed by atoms with Crippen LogP contribution in [0.2, 0.25) is 83.6 Å². The standard InChI is InChI=1S/C37H80O4SSi6/c1-12-42(38)32-24-20-16-14-13-15-17-21-25-33-46(8,9)36-28-30-37(31-29-36)47(10,11)34-26-22-18-19-23-27-35-48(39-43(2)3,40-44(4)5)41-45(6)7/h28-31,43-45H,12-27,32-35H2,1-11H3. The first-order chi connectivity index (χ1) is 22.6. The second kappa shape index (κ2) is 25.5. The summed E-state index contributed by atoms with van der Waals surface area (Å²) >= 11 is 0. The Hall–Kier alpha value is 0.551.